The number of rotatable bonds is 0. The molecule has 2 atom stereocenters. The predicted octanol–water partition coefficient (Wildman–Crippen LogP) is -0.930. The topological polar surface area (TPSA) is 57.1 Å². The SMILES string of the molecule is CN1C2=NC=N[C@H]2C(=O)N[C@H]1S. The maximum atomic E-state index is 11.3. The molecule has 0 bridgehead atoms. The highest BCUT2D eigenvalue weighted by Gasteiger charge is 2.36. The number of carbonyl (C=O) groups excluding carboxylic acids is 1. The van der Waals surface area contributed by atoms with Crippen LogP contribution in [-0.4, -0.2) is 41.6 Å². The van der Waals surface area contributed by atoms with Gasteiger partial charge in [-0.2, -0.15) is 0 Å². The number of nitrogens with one attached hydrogen (secondary N) is 1. The maximum Gasteiger partial charge on any atom is 0.254 e. The molecular weight excluding hydrogens is 176 g/mol. The highest BCUT2D eigenvalue weighted by molar-refractivity contribution is 7.80. The molecular formula is C6H8N4OS. The average Bonchev–Trinajstić information content (AvgIpc) is 2.48. The van der Waals surface area contributed by atoms with E-state index in [1.165, 1.54) is 6.34 Å². The summed E-state index contributed by atoms with van der Waals surface area (Å²) in [5, 5.41) is 2.66. The molecule has 64 valence electrons. The number of likely N-dealkylation sites (N-methyl/N-ethyl adjacent to an activating group) is 1. The van der Waals surface area contributed by atoms with Crippen molar-refractivity contribution in [1.29, 1.82) is 0 Å². The van der Waals surface area contributed by atoms with E-state index in [0.717, 1.165) is 0 Å². The summed E-state index contributed by atoms with van der Waals surface area (Å²) >= 11 is 4.15. The lowest BCUT2D eigenvalue weighted by atomic mass is 10.2. The van der Waals surface area contributed by atoms with Crippen molar-refractivity contribution in [3.8, 4) is 0 Å². The standard InChI is InChI=1S/C6H8N4OS/c1-10-4-3(7-2-8-4)5(11)9-6(10)12/h2-3,6,12H,1H3,(H,9,11)/t3-,6-/m1/s1. The third kappa shape index (κ3) is 0.911. The molecule has 0 unspecified atom stereocenters. The molecule has 2 heterocycles. The van der Waals surface area contributed by atoms with E-state index in [-0.39, 0.29) is 11.4 Å². The highest BCUT2D eigenvalue weighted by atomic mass is 32.1. The number of amides is 1. The summed E-state index contributed by atoms with van der Waals surface area (Å²) in [4.78, 5) is 20.9. The van der Waals surface area contributed by atoms with Gasteiger partial charge < -0.3 is 10.2 Å². The number of carbonyl (C=O) groups is 1. The van der Waals surface area contributed by atoms with E-state index in [1.54, 1.807) is 4.90 Å². The molecule has 6 heteroatoms. The van der Waals surface area contributed by atoms with Crippen molar-refractivity contribution in [2.75, 3.05) is 7.05 Å². The molecule has 1 saturated heterocycles. The van der Waals surface area contributed by atoms with Crippen molar-refractivity contribution in [3.05, 3.63) is 0 Å². The minimum atomic E-state index is -0.460. The molecule has 1 amide bonds. The maximum absolute atomic E-state index is 11.3. The fraction of sp³-hybridized carbons (Fsp3) is 0.500. The number of aliphatic imine (C=N–C) groups is 2. The second kappa shape index (κ2) is 2.48. The van der Waals surface area contributed by atoms with Crippen molar-refractivity contribution >= 4 is 30.7 Å². The van der Waals surface area contributed by atoms with Gasteiger partial charge in [0.05, 0.1) is 0 Å². The van der Waals surface area contributed by atoms with Crippen LogP contribution in [0, 0.1) is 0 Å². The summed E-state index contributed by atoms with van der Waals surface area (Å²) in [5.41, 5.74) is -0.297. The fourth-order valence-electron chi connectivity index (χ4n) is 1.19. The first-order valence-corrected chi connectivity index (χ1v) is 4.02. The Morgan fingerprint density at radius 2 is 2.50 bits per heavy atom. The number of hydrogen-bond donors (Lipinski definition) is 2. The first-order chi connectivity index (χ1) is 5.70. The van der Waals surface area contributed by atoms with Gasteiger partial charge >= 0.3 is 0 Å². The van der Waals surface area contributed by atoms with Crippen LogP contribution in [0.15, 0.2) is 9.98 Å². The zero-order valence-corrected chi connectivity index (χ0v) is 7.32. The molecule has 0 saturated carbocycles. The Bertz CT molecular complexity index is 287. The van der Waals surface area contributed by atoms with Gasteiger partial charge in [0.1, 0.15) is 17.7 Å². The van der Waals surface area contributed by atoms with Crippen molar-refractivity contribution in [1.82, 2.24) is 10.2 Å². The van der Waals surface area contributed by atoms with Crippen LogP contribution in [0.1, 0.15) is 0 Å². The molecule has 0 aromatic heterocycles. The lowest BCUT2D eigenvalue weighted by Crippen LogP contribution is -2.58. The minimum Gasteiger partial charge on any atom is -0.332 e. The molecule has 1 N–H and O–H groups in total. The highest BCUT2D eigenvalue weighted by Crippen LogP contribution is 2.14. The number of nitrogens with zero attached hydrogens (tertiary/aromatic N) is 3. The first-order valence-electron chi connectivity index (χ1n) is 3.51. The smallest absolute Gasteiger partial charge is 0.254 e. The normalized spacial score (nSPS) is 33.0. The second-order valence-electron chi connectivity index (χ2n) is 2.65. The van der Waals surface area contributed by atoms with Gasteiger partial charge in [0, 0.05) is 7.05 Å². The Kier molecular flexibility index (Phi) is 1.57. The second-order valence-corrected chi connectivity index (χ2v) is 3.14. The third-order valence-electron chi connectivity index (χ3n) is 1.90. The van der Waals surface area contributed by atoms with Gasteiger partial charge in [-0.1, -0.05) is 0 Å². The molecule has 2 aliphatic heterocycles. The zero-order chi connectivity index (χ0) is 8.72. The van der Waals surface area contributed by atoms with Crippen LogP contribution in [0.5, 0.6) is 0 Å². The lowest BCUT2D eigenvalue weighted by molar-refractivity contribution is -0.122. The predicted molar refractivity (Wildman–Crippen MR) is 48.4 cm³/mol. The Hall–Kier alpha value is -1.04. The third-order valence-corrected chi connectivity index (χ3v) is 2.37. The Morgan fingerprint density at radius 3 is 3.25 bits per heavy atom. The van der Waals surface area contributed by atoms with Crippen LogP contribution in [0.25, 0.3) is 0 Å². The van der Waals surface area contributed by atoms with Gasteiger partial charge in [0.25, 0.3) is 5.91 Å². The molecule has 12 heavy (non-hydrogen) atoms. The van der Waals surface area contributed by atoms with E-state index >= 15 is 0 Å². The Labute approximate surface area is 75.0 Å². The zero-order valence-electron chi connectivity index (χ0n) is 6.43. The molecule has 0 aromatic rings. The molecule has 2 aliphatic rings. The van der Waals surface area contributed by atoms with Gasteiger partial charge in [-0.05, 0) is 0 Å². The lowest BCUT2D eigenvalue weighted by Gasteiger charge is -2.33. The number of hydrogen-bond acceptors (Lipinski definition) is 5. The average molecular weight is 184 g/mol. The molecule has 0 aromatic carbocycles. The van der Waals surface area contributed by atoms with E-state index in [1.807, 2.05) is 7.05 Å². The summed E-state index contributed by atoms with van der Waals surface area (Å²) in [5.74, 6) is 0.527. The van der Waals surface area contributed by atoms with Crippen LogP contribution in [-0.2, 0) is 4.79 Å². The van der Waals surface area contributed by atoms with Crippen LogP contribution in [0.3, 0.4) is 0 Å². The molecule has 0 radical (unpaired) electrons. The number of thiol groups is 1. The molecule has 0 spiro atoms. The van der Waals surface area contributed by atoms with E-state index in [9.17, 15) is 4.79 Å². The first kappa shape index (κ1) is 7.60. The molecule has 5 nitrogen and oxygen atoms in total. The van der Waals surface area contributed by atoms with Gasteiger partial charge in [-0.25, -0.2) is 4.99 Å². The van der Waals surface area contributed by atoms with Crippen molar-refractivity contribution in [3.63, 3.8) is 0 Å². The Morgan fingerprint density at radius 1 is 1.75 bits per heavy atom. The summed E-state index contributed by atoms with van der Waals surface area (Å²) in [6.45, 7) is 0. The molecule has 0 aliphatic carbocycles. The molecule has 1 fully saturated rings. The van der Waals surface area contributed by atoms with Gasteiger partial charge in [-0.3, -0.25) is 9.79 Å². The van der Waals surface area contributed by atoms with Gasteiger partial charge in [-0.15, -0.1) is 12.6 Å². The number of amidine groups is 1. The molecule has 2 rings (SSSR count). The summed E-state index contributed by atoms with van der Waals surface area (Å²) in [6, 6.07) is -0.460. The van der Waals surface area contributed by atoms with E-state index in [4.69, 9.17) is 0 Å². The Balaban J connectivity index is 2.31. The van der Waals surface area contributed by atoms with Crippen LogP contribution >= 0.6 is 12.6 Å². The quantitative estimate of drug-likeness (QED) is 0.478. The van der Waals surface area contributed by atoms with E-state index in [0.29, 0.717) is 5.84 Å². The largest absolute Gasteiger partial charge is 0.332 e. The van der Waals surface area contributed by atoms with Gasteiger partial charge in [0.2, 0.25) is 0 Å². The summed E-state index contributed by atoms with van der Waals surface area (Å²) in [6.07, 6.45) is 1.40. The monoisotopic (exact) mass is 184 g/mol. The minimum absolute atomic E-state index is 0.138. The van der Waals surface area contributed by atoms with Crippen LogP contribution in [0.2, 0.25) is 0 Å². The van der Waals surface area contributed by atoms with E-state index in [2.05, 4.69) is 27.9 Å². The van der Waals surface area contributed by atoms with Crippen molar-refractivity contribution in [2.24, 2.45) is 9.98 Å². The van der Waals surface area contributed by atoms with Crippen molar-refractivity contribution in [2.45, 2.75) is 11.5 Å². The fourth-order valence-corrected chi connectivity index (χ4v) is 1.44. The summed E-state index contributed by atoms with van der Waals surface area (Å²) in [7, 11) is 1.82. The van der Waals surface area contributed by atoms with Crippen LogP contribution < -0.4 is 5.32 Å². The number of fused-ring (bicyclic) bond motifs is 1. The van der Waals surface area contributed by atoms with Crippen molar-refractivity contribution < 1.29 is 4.79 Å². The summed E-state index contributed by atoms with van der Waals surface area (Å²) < 4.78 is 0. The van der Waals surface area contributed by atoms with Crippen LogP contribution in [0.4, 0.5) is 0 Å². The van der Waals surface area contributed by atoms with E-state index < -0.39 is 6.04 Å². The van der Waals surface area contributed by atoms with Gasteiger partial charge in [0.15, 0.2) is 6.04 Å².